The highest BCUT2D eigenvalue weighted by molar-refractivity contribution is 5.69. The second-order valence-electron chi connectivity index (χ2n) is 2.17. The van der Waals surface area contributed by atoms with Crippen LogP contribution in [0.2, 0.25) is 0 Å². The molecule has 4 heteroatoms. The monoisotopic (exact) mass is 158 g/mol. The Morgan fingerprint density at radius 2 is 2.36 bits per heavy atom. The Hall–Kier alpha value is -1.19. The van der Waals surface area contributed by atoms with Gasteiger partial charge in [-0.3, -0.25) is 4.79 Å². The highest BCUT2D eigenvalue weighted by Gasteiger charge is 1.96. The summed E-state index contributed by atoms with van der Waals surface area (Å²) in [4.78, 5) is 10.5. The highest BCUT2D eigenvalue weighted by Crippen LogP contribution is 1.81. The van der Waals surface area contributed by atoms with Crippen LogP contribution >= 0.6 is 0 Å². The van der Waals surface area contributed by atoms with Crippen LogP contribution in [0, 0.1) is 0 Å². The van der Waals surface area contributed by atoms with Crippen molar-refractivity contribution in [2.24, 2.45) is 5.73 Å². The number of carbonyl (C=O) groups excluding carboxylic acids is 1. The van der Waals surface area contributed by atoms with Crippen LogP contribution in [-0.2, 0) is 9.53 Å². The molecule has 0 rings (SSSR count). The van der Waals surface area contributed by atoms with Gasteiger partial charge >= 0.3 is 5.97 Å². The maximum Gasteiger partial charge on any atom is 0.307 e. The van der Waals surface area contributed by atoms with Crippen molar-refractivity contribution in [3.05, 3.63) is 11.9 Å². The van der Waals surface area contributed by atoms with Crippen molar-refractivity contribution in [3.8, 4) is 0 Å². The summed E-state index contributed by atoms with van der Waals surface area (Å²) in [5.74, 6) is -0.222. The van der Waals surface area contributed by atoms with Crippen LogP contribution in [0.25, 0.3) is 0 Å². The van der Waals surface area contributed by atoms with E-state index < -0.39 is 0 Å². The molecule has 0 unspecified atom stereocenters. The zero-order valence-corrected chi connectivity index (χ0v) is 6.89. The summed E-state index contributed by atoms with van der Waals surface area (Å²) in [6.07, 6.45) is 2.02. The normalized spacial score (nSPS) is 10.9. The fraction of sp³-hybridized carbons (Fsp3) is 0.571. The first kappa shape index (κ1) is 9.81. The van der Waals surface area contributed by atoms with Gasteiger partial charge in [0.2, 0.25) is 0 Å². The van der Waals surface area contributed by atoms with E-state index in [4.69, 9.17) is 5.73 Å². The van der Waals surface area contributed by atoms with Crippen molar-refractivity contribution in [1.82, 2.24) is 5.32 Å². The number of hydrogen-bond acceptors (Lipinski definition) is 4. The largest absolute Gasteiger partial charge is 0.469 e. The number of allylic oxidation sites excluding steroid dienone is 1. The van der Waals surface area contributed by atoms with Gasteiger partial charge in [0, 0.05) is 18.4 Å². The standard InChI is InChI=1S/C7H14N2O2/c1-6(8)5-9-4-3-7(10)11-2/h5,9H,3-4,8H2,1-2H3. The molecule has 0 fully saturated rings. The molecule has 0 saturated heterocycles. The van der Waals surface area contributed by atoms with E-state index >= 15 is 0 Å². The Morgan fingerprint density at radius 3 is 2.82 bits per heavy atom. The fourth-order valence-corrected chi connectivity index (χ4v) is 0.509. The number of hydrogen-bond donors (Lipinski definition) is 2. The Bertz CT molecular complexity index is 151. The molecule has 0 spiro atoms. The van der Waals surface area contributed by atoms with E-state index in [-0.39, 0.29) is 5.97 Å². The van der Waals surface area contributed by atoms with Gasteiger partial charge in [-0.2, -0.15) is 0 Å². The van der Waals surface area contributed by atoms with Gasteiger partial charge in [0.1, 0.15) is 0 Å². The van der Waals surface area contributed by atoms with E-state index in [9.17, 15) is 4.79 Å². The summed E-state index contributed by atoms with van der Waals surface area (Å²) in [6, 6.07) is 0. The minimum atomic E-state index is -0.222. The van der Waals surface area contributed by atoms with Crippen molar-refractivity contribution >= 4 is 5.97 Å². The molecule has 0 amide bonds. The smallest absolute Gasteiger partial charge is 0.307 e. The molecule has 0 atom stereocenters. The second-order valence-corrected chi connectivity index (χ2v) is 2.17. The number of carbonyl (C=O) groups is 1. The molecule has 0 aromatic rings. The summed E-state index contributed by atoms with van der Waals surface area (Å²) >= 11 is 0. The van der Waals surface area contributed by atoms with Crippen LogP contribution in [0.15, 0.2) is 11.9 Å². The van der Waals surface area contributed by atoms with Crippen LogP contribution < -0.4 is 11.1 Å². The summed E-state index contributed by atoms with van der Waals surface area (Å²) < 4.78 is 4.43. The van der Waals surface area contributed by atoms with E-state index in [1.54, 1.807) is 13.1 Å². The molecule has 3 N–H and O–H groups in total. The van der Waals surface area contributed by atoms with Crippen LogP contribution in [0.5, 0.6) is 0 Å². The van der Waals surface area contributed by atoms with E-state index in [0.717, 1.165) is 0 Å². The third kappa shape index (κ3) is 6.70. The molecule has 0 aliphatic rings. The lowest BCUT2D eigenvalue weighted by atomic mass is 10.4. The molecule has 0 bridgehead atoms. The Balaban J connectivity index is 3.28. The number of rotatable bonds is 4. The molecular weight excluding hydrogens is 144 g/mol. The minimum Gasteiger partial charge on any atom is -0.469 e. The van der Waals surface area contributed by atoms with Crippen LogP contribution in [-0.4, -0.2) is 19.6 Å². The van der Waals surface area contributed by atoms with E-state index in [1.165, 1.54) is 7.11 Å². The highest BCUT2D eigenvalue weighted by atomic mass is 16.5. The van der Waals surface area contributed by atoms with Crippen LogP contribution in [0.3, 0.4) is 0 Å². The second kappa shape index (κ2) is 5.58. The molecule has 64 valence electrons. The molecule has 0 radical (unpaired) electrons. The summed E-state index contributed by atoms with van der Waals surface area (Å²) in [6.45, 7) is 2.33. The molecule has 0 aliphatic heterocycles. The SMILES string of the molecule is COC(=O)CCNC=C(C)N. The van der Waals surface area contributed by atoms with Gasteiger partial charge < -0.3 is 15.8 Å². The third-order valence-corrected chi connectivity index (χ3v) is 1.03. The minimum absolute atomic E-state index is 0.222. The van der Waals surface area contributed by atoms with Crippen molar-refractivity contribution in [1.29, 1.82) is 0 Å². The number of nitrogens with two attached hydrogens (primary N) is 1. The average molecular weight is 158 g/mol. The van der Waals surface area contributed by atoms with Crippen molar-refractivity contribution in [2.45, 2.75) is 13.3 Å². The van der Waals surface area contributed by atoms with Gasteiger partial charge in [-0.25, -0.2) is 0 Å². The summed E-state index contributed by atoms with van der Waals surface area (Å²) in [5, 5.41) is 2.86. The number of nitrogens with one attached hydrogen (secondary N) is 1. The average Bonchev–Trinajstić information content (AvgIpc) is 1.97. The molecule has 4 nitrogen and oxygen atoms in total. The summed E-state index contributed by atoms with van der Waals surface area (Å²) in [5.41, 5.74) is 6.01. The van der Waals surface area contributed by atoms with Crippen LogP contribution in [0.4, 0.5) is 0 Å². The molecular formula is C7H14N2O2. The predicted octanol–water partition coefficient (Wildman–Crippen LogP) is -0.0409. The lowest BCUT2D eigenvalue weighted by molar-refractivity contribution is -0.140. The Kier molecular flexibility index (Phi) is 4.98. The lowest BCUT2D eigenvalue weighted by Crippen LogP contribution is -2.14. The first-order valence-electron chi connectivity index (χ1n) is 3.39. The zero-order chi connectivity index (χ0) is 8.69. The molecule has 0 aromatic carbocycles. The molecule has 0 aromatic heterocycles. The Labute approximate surface area is 66.4 Å². The number of ether oxygens (including phenoxy) is 1. The maximum atomic E-state index is 10.5. The third-order valence-electron chi connectivity index (χ3n) is 1.03. The quantitative estimate of drug-likeness (QED) is 0.445. The zero-order valence-electron chi connectivity index (χ0n) is 6.89. The molecule has 11 heavy (non-hydrogen) atoms. The number of esters is 1. The van der Waals surface area contributed by atoms with Gasteiger partial charge in [-0.15, -0.1) is 0 Å². The number of methoxy groups -OCH3 is 1. The summed E-state index contributed by atoms with van der Waals surface area (Å²) in [7, 11) is 1.37. The molecule has 0 saturated carbocycles. The van der Waals surface area contributed by atoms with Crippen molar-refractivity contribution < 1.29 is 9.53 Å². The van der Waals surface area contributed by atoms with Crippen LogP contribution in [0.1, 0.15) is 13.3 Å². The van der Waals surface area contributed by atoms with Gasteiger partial charge in [-0.05, 0) is 6.92 Å². The van der Waals surface area contributed by atoms with Gasteiger partial charge in [0.05, 0.1) is 13.5 Å². The van der Waals surface area contributed by atoms with Crippen molar-refractivity contribution in [2.75, 3.05) is 13.7 Å². The predicted molar refractivity (Wildman–Crippen MR) is 42.6 cm³/mol. The first-order chi connectivity index (χ1) is 5.16. The van der Waals surface area contributed by atoms with Crippen molar-refractivity contribution in [3.63, 3.8) is 0 Å². The van der Waals surface area contributed by atoms with E-state index in [2.05, 4.69) is 10.1 Å². The van der Waals surface area contributed by atoms with E-state index in [1.807, 2.05) is 0 Å². The molecule has 0 heterocycles. The van der Waals surface area contributed by atoms with Gasteiger partial charge in [0.15, 0.2) is 0 Å². The lowest BCUT2D eigenvalue weighted by Gasteiger charge is -1.99. The molecule has 0 aliphatic carbocycles. The maximum absolute atomic E-state index is 10.5. The van der Waals surface area contributed by atoms with Gasteiger partial charge in [-0.1, -0.05) is 0 Å². The Morgan fingerprint density at radius 1 is 1.73 bits per heavy atom. The first-order valence-corrected chi connectivity index (χ1v) is 3.39. The van der Waals surface area contributed by atoms with Gasteiger partial charge in [0.25, 0.3) is 0 Å². The van der Waals surface area contributed by atoms with E-state index in [0.29, 0.717) is 18.7 Å². The topological polar surface area (TPSA) is 64.3 Å². The fourth-order valence-electron chi connectivity index (χ4n) is 0.509.